The first-order valence-corrected chi connectivity index (χ1v) is 9.07. The maximum Gasteiger partial charge on any atom is 0.243 e. The van der Waals surface area contributed by atoms with Gasteiger partial charge in [-0.15, -0.1) is 0 Å². The lowest BCUT2D eigenvalue weighted by Crippen LogP contribution is -2.27. The Labute approximate surface area is 159 Å². The summed E-state index contributed by atoms with van der Waals surface area (Å²) in [7, 11) is 0. The van der Waals surface area contributed by atoms with E-state index in [1.165, 1.54) is 11.6 Å². The lowest BCUT2D eigenvalue weighted by molar-refractivity contribution is -0.117. The molecule has 27 heavy (non-hydrogen) atoms. The largest absolute Gasteiger partial charge is 0.491 e. The van der Waals surface area contributed by atoms with Crippen molar-refractivity contribution in [2.24, 2.45) is 0 Å². The van der Waals surface area contributed by atoms with Crippen LogP contribution in [0.5, 0.6) is 5.75 Å². The molecule has 0 aliphatic carbocycles. The highest BCUT2D eigenvalue weighted by Crippen LogP contribution is 2.22. The zero-order valence-corrected chi connectivity index (χ0v) is 16.0. The second-order valence-corrected chi connectivity index (χ2v) is 6.66. The van der Waals surface area contributed by atoms with E-state index < -0.39 is 0 Å². The molecule has 1 unspecified atom stereocenters. The highest BCUT2D eigenvalue weighted by molar-refractivity contribution is 5.87. The number of fused-ring (bicyclic) bond motifs is 1. The van der Waals surface area contributed by atoms with Crippen LogP contribution in [0.25, 0.3) is 11.0 Å². The van der Waals surface area contributed by atoms with E-state index in [0.29, 0.717) is 13.2 Å². The van der Waals surface area contributed by atoms with Gasteiger partial charge in [0, 0.05) is 0 Å². The summed E-state index contributed by atoms with van der Waals surface area (Å²) in [6.45, 7) is 10.7. The summed E-state index contributed by atoms with van der Waals surface area (Å²) < 4.78 is 8.10. The molecular formula is C22H25N3O2. The average Bonchev–Trinajstić information content (AvgIpc) is 3.02. The van der Waals surface area contributed by atoms with Gasteiger partial charge in [0.2, 0.25) is 5.91 Å². The molecular weight excluding hydrogens is 338 g/mol. The summed E-state index contributed by atoms with van der Waals surface area (Å²) in [5.41, 5.74) is 4.27. The van der Waals surface area contributed by atoms with Crippen molar-refractivity contribution in [3.63, 3.8) is 0 Å². The monoisotopic (exact) mass is 363 g/mol. The van der Waals surface area contributed by atoms with Crippen LogP contribution in [0.1, 0.15) is 29.9 Å². The van der Waals surface area contributed by atoms with Gasteiger partial charge >= 0.3 is 0 Å². The SMILES string of the molecule is C=CC(=O)NC(C)c1nc2ccccc2n1CCOc1ccc(C)cc1C. The first-order chi connectivity index (χ1) is 13.0. The molecule has 2 aromatic carbocycles. The van der Waals surface area contributed by atoms with E-state index in [2.05, 4.69) is 29.5 Å². The minimum Gasteiger partial charge on any atom is -0.491 e. The van der Waals surface area contributed by atoms with Crippen LogP contribution in [0.3, 0.4) is 0 Å². The van der Waals surface area contributed by atoms with Crippen LogP contribution < -0.4 is 10.1 Å². The van der Waals surface area contributed by atoms with Crippen LogP contribution in [0.15, 0.2) is 55.1 Å². The molecule has 1 atom stereocenters. The number of imidazole rings is 1. The Kier molecular flexibility index (Phi) is 5.60. The number of aryl methyl sites for hydroxylation is 2. The Bertz CT molecular complexity index is 975. The molecule has 1 amide bonds. The summed E-state index contributed by atoms with van der Waals surface area (Å²) in [5.74, 6) is 1.47. The van der Waals surface area contributed by atoms with E-state index in [1.54, 1.807) is 0 Å². The third kappa shape index (κ3) is 4.19. The first-order valence-electron chi connectivity index (χ1n) is 9.07. The van der Waals surface area contributed by atoms with Gasteiger partial charge in [-0.1, -0.05) is 36.4 Å². The van der Waals surface area contributed by atoms with Crippen LogP contribution >= 0.6 is 0 Å². The molecule has 1 N–H and O–H groups in total. The fraction of sp³-hybridized carbons (Fsp3) is 0.273. The predicted molar refractivity (Wildman–Crippen MR) is 108 cm³/mol. The van der Waals surface area contributed by atoms with Gasteiger partial charge in [0.15, 0.2) is 0 Å². The number of rotatable bonds is 7. The van der Waals surface area contributed by atoms with Crippen molar-refractivity contribution in [3.8, 4) is 5.75 Å². The molecule has 3 aromatic rings. The highest BCUT2D eigenvalue weighted by atomic mass is 16.5. The van der Waals surface area contributed by atoms with E-state index in [9.17, 15) is 4.79 Å². The molecule has 0 fully saturated rings. The highest BCUT2D eigenvalue weighted by Gasteiger charge is 2.17. The molecule has 5 nitrogen and oxygen atoms in total. The summed E-state index contributed by atoms with van der Waals surface area (Å²) in [6, 6.07) is 13.9. The van der Waals surface area contributed by atoms with Crippen molar-refractivity contribution in [1.29, 1.82) is 0 Å². The minimum absolute atomic E-state index is 0.215. The molecule has 0 saturated carbocycles. The minimum atomic E-state index is -0.232. The van der Waals surface area contributed by atoms with E-state index in [-0.39, 0.29) is 11.9 Å². The number of hydrogen-bond acceptors (Lipinski definition) is 3. The summed E-state index contributed by atoms with van der Waals surface area (Å²) in [5, 5.41) is 2.89. The third-order valence-electron chi connectivity index (χ3n) is 4.52. The standard InChI is InChI=1S/C22H25N3O2/c1-5-21(26)23-17(4)22-24-18-8-6-7-9-19(18)25(22)12-13-27-20-11-10-15(2)14-16(20)3/h5-11,14,17H,1,12-13H2,2-4H3,(H,23,26). The normalized spacial score (nSPS) is 12.0. The van der Waals surface area contributed by atoms with Gasteiger partial charge in [0.1, 0.15) is 18.2 Å². The molecule has 5 heteroatoms. The Hall–Kier alpha value is -3.08. The van der Waals surface area contributed by atoms with Gasteiger partial charge in [-0.05, 0) is 50.6 Å². The van der Waals surface area contributed by atoms with Gasteiger partial charge in [0.25, 0.3) is 0 Å². The third-order valence-corrected chi connectivity index (χ3v) is 4.52. The quantitative estimate of drug-likeness (QED) is 0.643. The average molecular weight is 363 g/mol. The van der Waals surface area contributed by atoms with Gasteiger partial charge in [-0.3, -0.25) is 4.79 Å². The number of nitrogens with zero attached hydrogens (tertiary/aromatic N) is 2. The summed E-state index contributed by atoms with van der Waals surface area (Å²) in [4.78, 5) is 16.4. The second-order valence-electron chi connectivity index (χ2n) is 6.66. The molecule has 0 radical (unpaired) electrons. The van der Waals surface area contributed by atoms with Gasteiger partial charge in [-0.25, -0.2) is 4.98 Å². The van der Waals surface area contributed by atoms with E-state index >= 15 is 0 Å². The number of ether oxygens (including phenoxy) is 1. The smallest absolute Gasteiger partial charge is 0.243 e. The fourth-order valence-electron chi connectivity index (χ4n) is 3.20. The lowest BCUT2D eigenvalue weighted by atomic mass is 10.1. The van der Waals surface area contributed by atoms with Gasteiger partial charge in [-0.2, -0.15) is 0 Å². The fourth-order valence-corrected chi connectivity index (χ4v) is 3.20. The number of amides is 1. The number of nitrogens with one attached hydrogen (secondary N) is 1. The summed E-state index contributed by atoms with van der Waals surface area (Å²) in [6.07, 6.45) is 1.27. The van der Waals surface area contributed by atoms with Crippen molar-refractivity contribution in [1.82, 2.24) is 14.9 Å². The molecule has 0 spiro atoms. The zero-order valence-electron chi connectivity index (χ0n) is 16.0. The molecule has 3 rings (SSSR count). The number of para-hydroxylation sites is 2. The van der Waals surface area contributed by atoms with E-state index in [1.807, 2.05) is 50.2 Å². The lowest BCUT2D eigenvalue weighted by Gasteiger charge is -2.16. The van der Waals surface area contributed by atoms with Crippen molar-refractivity contribution in [3.05, 3.63) is 72.1 Å². The first kappa shape index (κ1) is 18.7. The van der Waals surface area contributed by atoms with Crippen molar-refractivity contribution >= 4 is 16.9 Å². The number of benzene rings is 2. The molecule has 0 bridgehead atoms. The molecule has 0 saturated heterocycles. The maximum absolute atomic E-state index is 11.7. The van der Waals surface area contributed by atoms with Crippen molar-refractivity contribution < 1.29 is 9.53 Å². The van der Waals surface area contributed by atoms with Crippen molar-refractivity contribution in [2.75, 3.05) is 6.61 Å². The topological polar surface area (TPSA) is 56.2 Å². The van der Waals surface area contributed by atoms with E-state index in [0.717, 1.165) is 28.2 Å². The van der Waals surface area contributed by atoms with Gasteiger partial charge in [0.05, 0.1) is 23.6 Å². The Morgan fingerprint density at radius 1 is 1.30 bits per heavy atom. The zero-order chi connectivity index (χ0) is 19.4. The Balaban J connectivity index is 1.82. The number of aromatic nitrogens is 2. The van der Waals surface area contributed by atoms with Crippen LogP contribution in [0.2, 0.25) is 0 Å². The second kappa shape index (κ2) is 8.08. The number of carbonyl (C=O) groups is 1. The maximum atomic E-state index is 11.7. The summed E-state index contributed by atoms with van der Waals surface area (Å²) >= 11 is 0. The molecule has 1 aromatic heterocycles. The van der Waals surface area contributed by atoms with Gasteiger partial charge < -0.3 is 14.6 Å². The molecule has 0 aliphatic heterocycles. The Morgan fingerprint density at radius 2 is 2.07 bits per heavy atom. The predicted octanol–water partition coefficient (Wildman–Crippen LogP) is 4.10. The Morgan fingerprint density at radius 3 is 2.81 bits per heavy atom. The number of carbonyl (C=O) groups excluding carboxylic acids is 1. The van der Waals surface area contributed by atoms with Crippen molar-refractivity contribution in [2.45, 2.75) is 33.4 Å². The molecule has 140 valence electrons. The van der Waals surface area contributed by atoms with Crippen LogP contribution in [0, 0.1) is 13.8 Å². The molecule has 1 heterocycles. The van der Waals surface area contributed by atoms with Crippen LogP contribution in [-0.2, 0) is 11.3 Å². The van der Waals surface area contributed by atoms with Crippen LogP contribution in [0.4, 0.5) is 0 Å². The molecule has 0 aliphatic rings. The number of hydrogen-bond donors (Lipinski definition) is 1. The van der Waals surface area contributed by atoms with Crippen LogP contribution in [-0.4, -0.2) is 22.1 Å². The van der Waals surface area contributed by atoms with E-state index in [4.69, 9.17) is 9.72 Å².